The molecular weight excluding hydrogens is 342 g/mol. The predicted octanol–water partition coefficient (Wildman–Crippen LogP) is 3.27. The van der Waals surface area contributed by atoms with Crippen LogP contribution in [0.2, 0.25) is 0 Å². The van der Waals surface area contributed by atoms with E-state index >= 15 is 0 Å². The fourth-order valence-electron chi connectivity index (χ4n) is 3.41. The second-order valence-electron chi connectivity index (χ2n) is 6.68. The van der Waals surface area contributed by atoms with Gasteiger partial charge in [0.05, 0.1) is 33.5 Å². The minimum Gasteiger partial charge on any atom is -0.493 e. The first-order chi connectivity index (χ1) is 11.5. The molecule has 1 aliphatic rings. The van der Waals surface area contributed by atoms with Crippen molar-refractivity contribution in [3.8, 4) is 11.5 Å². The molecule has 3 unspecified atom stereocenters. The maximum Gasteiger partial charge on any atom is 0.161 e. The largest absolute Gasteiger partial charge is 0.493 e. The van der Waals surface area contributed by atoms with Crippen molar-refractivity contribution < 1.29 is 19.3 Å². The Kier molecular flexibility index (Phi) is 9.57. The number of ether oxygens (including phenoxy) is 3. The Bertz CT molecular complexity index is 504. The molecule has 1 heterocycles. The lowest BCUT2D eigenvalue weighted by atomic mass is 9.97. The van der Waals surface area contributed by atoms with Crippen molar-refractivity contribution in [2.24, 2.45) is 0 Å². The predicted molar refractivity (Wildman–Crippen MR) is 102 cm³/mol. The van der Waals surface area contributed by atoms with Crippen LogP contribution in [0.5, 0.6) is 11.5 Å². The lowest BCUT2D eigenvalue weighted by Gasteiger charge is -2.40. The Hall–Kier alpha value is -1.01. The average molecular weight is 374 g/mol. The van der Waals surface area contributed by atoms with Crippen LogP contribution in [-0.4, -0.2) is 55.6 Å². The van der Waals surface area contributed by atoms with Gasteiger partial charge in [0.15, 0.2) is 11.5 Å². The SMILES string of the molecule is COc1ccc(COCC(O)CN2C(C)CCCC2C)cc1OC.Cl. The van der Waals surface area contributed by atoms with Gasteiger partial charge in [0.2, 0.25) is 0 Å². The van der Waals surface area contributed by atoms with Gasteiger partial charge in [-0.15, -0.1) is 12.4 Å². The molecule has 2 rings (SSSR count). The number of methoxy groups -OCH3 is 2. The van der Waals surface area contributed by atoms with Crippen LogP contribution in [0.3, 0.4) is 0 Å². The highest BCUT2D eigenvalue weighted by atomic mass is 35.5. The van der Waals surface area contributed by atoms with Crippen LogP contribution >= 0.6 is 12.4 Å². The van der Waals surface area contributed by atoms with E-state index in [-0.39, 0.29) is 12.4 Å². The number of hydrogen-bond acceptors (Lipinski definition) is 5. The number of nitrogens with zero attached hydrogens (tertiary/aromatic N) is 1. The standard InChI is InChI=1S/C19H31NO4.ClH/c1-14-6-5-7-15(2)20(14)11-17(21)13-24-12-16-8-9-18(22-3)19(10-16)23-4;/h8-10,14-15,17,21H,5-7,11-13H2,1-4H3;1H. The van der Waals surface area contributed by atoms with Crippen LogP contribution in [0.25, 0.3) is 0 Å². The van der Waals surface area contributed by atoms with Gasteiger partial charge >= 0.3 is 0 Å². The Morgan fingerprint density at radius 2 is 1.76 bits per heavy atom. The third-order valence-electron chi connectivity index (χ3n) is 4.82. The number of benzene rings is 1. The van der Waals surface area contributed by atoms with Crippen molar-refractivity contribution in [1.29, 1.82) is 0 Å². The van der Waals surface area contributed by atoms with Crippen molar-refractivity contribution >= 4 is 12.4 Å². The number of likely N-dealkylation sites (tertiary alicyclic amines) is 1. The minimum atomic E-state index is -0.465. The van der Waals surface area contributed by atoms with E-state index in [0.717, 1.165) is 5.56 Å². The Labute approximate surface area is 157 Å². The molecule has 0 radical (unpaired) electrons. The number of rotatable bonds is 8. The van der Waals surface area contributed by atoms with Crippen LogP contribution in [0.15, 0.2) is 18.2 Å². The van der Waals surface area contributed by atoms with Gasteiger partial charge in [-0.2, -0.15) is 0 Å². The van der Waals surface area contributed by atoms with Crippen LogP contribution in [-0.2, 0) is 11.3 Å². The van der Waals surface area contributed by atoms with Crippen LogP contribution in [0.1, 0.15) is 38.7 Å². The molecular formula is C19H32ClNO4. The normalized spacial score (nSPS) is 22.1. The molecule has 1 aromatic carbocycles. The molecule has 25 heavy (non-hydrogen) atoms. The van der Waals surface area contributed by atoms with E-state index in [0.29, 0.717) is 43.3 Å². The summed E-state index contributed by atoms with van der Waals surface area (Å²) in [6.07, 6.45) is 3.24. The summed E-state index contributed by atoms with van der Waals surface area (Å²) < 4.78 is 16.2. The number of piperidine rings is 1. The molecule has 1 fully saturated rings. The number of halogens is 1. The number of β-amino-alcohol motifs (C(OH)–C–C–N with tert-alkyl or cyclic N) is 1. The number of aliphatic hydroxyl groups is 1. The van der Waals surface area contributed by atoms with Gasteiger partial charge in [0.25, 0.3) is 0 Å². The van der Waals surface area contributed by atoms with E-state index in [1.807, 2.05) is 18.2 Å². The molecule has 1 aromatic rings. The quantitative estimate of drug-likeness (QED) is 0.757. The van der Waals surface area contributed by atoms with E-state index < -0.39 is 6.10 Å². The molecule has 0 amide bonds. The fraction of sp³-hybridized carbons (Fsp3) is 0.684. The smallest absolute Gasteiger partial charge is 0.161 e. The molecule has 0 bridgehead atoms. The molecule has 5 nitrogen and oxygen atoms in total. The summed E-state index contributed by atoms with van der Waals surface area (Å²) in [4.78, 5) is 2.40. The highest BCUT2D eigenvalue weighted by Gasteiger charge is 2.26. The maximum atomic E-state index is 10.3. The Morgan fingerprint density at radius 1 is 1.12 bits per heavy atom. The van der Waals surface area contributed by atoms with E-state index in [1.54, 1.807) is 14.2 Å². The van der Waals surface area contributed by atoms with Crippen molar-refractivity contribution in [2.75, 3.05) is 27.4 Å². The van der Waals surface area contributed by atoms with Gasteiger partial charge in [0, 0.05) is 18.6 Å². The zero-order chi connectivity index (χ0) is 17.5. The minimum absolute atomic E-state index is 0. The third kappa shape index (κ3) is 6.33. The lowest BCUT2D eigenvalue weighted by molar-refractivity contribution is -0.0135. The topological polar surface area (TPSA) is 51.2 Å². The second-order valence-corrected chi connectivity index (χ2v) is 6.68. The summed E-state index contributed by atoms with van der Waals surface area (Å²) >= 11 is 0. The summed E-state index contributed by atoms with van der Waals surface area (Å²) in [7, 11) is 3.24. The van der Waals surface area contributed by atoms with E-state index in [1.165, 1.54) is 19.3 Å². The number of aliphatic hydroxyl groups excluding tert-OH is 1. The molecule has 0 aliphatic carbocycles. The van der Waals surface area contributed by atoms with Crippen LogP contribution in [0, 0.1) is 0 Å². The molecule has 144 valence electrons. The van der Waals surface area contributed by atoms with Gasteiger partial charge in [-0.25, -0.2) is 0 Å². The van der Waals surface area contributed by atoms with Gasteiger partial charge in [0.1, 0.15) is 0 Å². The average Bonchev–Trinajstić information content (AvgIpc) is 2.58. The highest BCUT2D eigenvalue weighted by molar-refractivity contribution is 5.85. The molecule has 1 aliphatic heterocycles. The van der Waals surface area contributed by atoms with Gasteiger partial charge in [-0.3, -0.25) is 4.90 Å². The van der Waals surface area contributed by atoms with Crippen LogP contribution in [0.4, 0.5) is 0 Å². The molecule has 1 N–H and O–H groups in total. The fourth-order valence-corrected chi connectivity index (χ4v) is 3.41. The van der Waals surface area contributed by atoms with Crippen molar-refractivity contribution in [3.05, 3.63) is 23.8 Å². The first kappa shape index (κ1) is 22.0. The summed E-state index contributed by atoms with van der Waals surface area (Å²) in [6.45, 7) is 5.95. The monoisotopic (exact) mass is 373 g/mol. The third-order valence-corrected chi connectivity index (χ3v) is 4.82. The van der Waals surface area contributed by atoms with E-state index in [9.17, 15) is 5.11 Å². The zero-order valence-electron chi connectivity index (χ0n) is 15.7. The van der Waals surface area contributed by atoms with Gasteiger partial charge in [-0.1, -0.05) is 12.5 Å². The first-order valence-electron chi connectivity index (χ1n) is 8.77. The molecule has 6 heteroatoms. The molecule has 1 saturated heterocycles. The van der Waals surface area contributed by atoms with E-state index in [2.05, 4.69) is 18.7 Å². The Morgan fingerprint density at radius 3 is 2.36 bits per heavy atom. The summed E-state index contributed by atoms with van der Waals surface area (Å²) in [5.74, 6) is 1.39. The van der Waals surface area contributed by atoms with Crippen molar-refractivity contribution in [1.82, 2.24) is 4.90 Å². The van der Waals surface area contributed by atoms with Gasteiger partial charge in [-0.05, 0) is 44.4 Å². The maximum absolute atomic E-state index is 10.3. The summed E-state index contributed by atoms with van der Waals surface area (Å²) in [5, 5.41) is 10.3. The molecule has 3 atom stereocenters. The highest BCUT2D eigenvalue weighted by Crippen LogP contribution is 2.28. The first-order valence-corrected chi connectivity index (χ1v) is 8.77. The number of hydrogen-bond donors (Lipinski definition) is 1. The van der Waals surface area contributed by atoms with Crippen molar-refractivity contribution in [2.45, 2.75) is 57.9 Å². The van der Waals surface area contributed by atoms with E-state index in [4.69, 9.17) is 14.2 Å². The van der Waals surface area contributed by atoms with Crippen LogP contribution < -0.4 is 9.47 Å². The molecule has 0 aromatic heterocycles. The lowest BCUT2D eigenvalue weighted by Crippen LogP contribution is -2.48. The van der Waals surface area contributed by atoms with Crippen molar-refractivity contribution in [3.63, 3.8) is 0 Å². The Balaban J connectivity index is 0.00000312. The second kappa shape index (κ2) is 10.9. The molecule has 0 saturated carbocycles. The molecule has 0 spiro atoms. The van der Waals surface area contributed by atoms with Gasteiger partial charge < -0.3 is 19.3 Å². The summed E-state index contributed by atoms with van der Waals surface area (Å²) in [6, 6.07) is 6.79. The zero-order valence-corrected chi connectivity index (χ0v) is 16.6. The summed E-state index contributed by atoms with van der Waals surface area (Å²) in [5.41, 5.74) is 1.000.